The van der Waals surface area contributed by atoms with E-state index < -0.39 is 17.5 Å². The van der Waals surface area contributed by atoms with Crippen LogP contribution in [0.25, 0.3) is 0 Å². The van der Waals surface area contributed by atoms with Gasteiger partial charge in [-0.2, -0.15) is 0 Å². The number of hydrogen-bond acceptors (Lipinski definition) is 3. The molecule has 0 spiro atoms. The molecule has 1 atom stereocenters. The van der Waals surface area contributed by atoms with Gasteiger partial charge in [-0.25, -0.2) is 0 Å². The number of aliphatic hydroxyl groups excluding tert-OH is 1. The molecular weight excluding hydrogens is 220 g/mol. The minimum Gasteiger partial charge on any atom is -0.492 e. The van der Waals surface area contributed by atoms with E-state index in [1.807, 2.05) is 0 Å². The van der Waals surface area contributed by atoms with Gasteiger partial charge in [0.2, 0.25) is 0 Å². The Hall–Kier alpha value is -1.55. The molecule has 0 fully saturated rings. The number of carboxylic acids is 1. The minimum atomic E-state index is -0.914. The van der Waals surface area contributed by atoms with Crippen molar-refractivity contribution in [3.63, 3.8) is 0 Å². The van der Waals surface area contributed by atoms with Crippen LogP contribution in [0.1, 0.15) is 32.4 Å². The van der Waals surface area contributed by atoms with Gasteiger partial charge in [0.15, 0.2) is 0 Å². The third-order valence-electron chi connectivity index (χ3n) is 2.54. The van der Waals surface area contributed by atoms with Gasteiger partial charge in [0, 0.05) is 0 Å². The molecule has 0 saturated heterocycles. The summed E-state index contributed by atoms with van der Waals surface area (Å²) in [5.74, 6) is -0.290. The van der Waals surface area contributed by atoms with Gasteiger partial charge in [-0.05, 0) is 38.5 Å². The fraction of sp³-hybridized carbons (Fsp3) is 0.462. The second kappa shape index (κ2) is 5.19. The summed E-state index contributed by atoms with van der Waals surface area (Å²) in [5.41, 5.74) is -0.113. The third kappa shape index (κ3) is 3.75. The Kier molecular flexibility index (Phi) is 4.12. The highest BCUT2D eigenvalue weighted by Gasteiger charge is 2.28. The fourth-order valence-electron chi connectivity index (χ4n) is 1.17. The summed E-state index contributed by atoms with van der Waals surface area (Å²) in [7, 11) is 0. The van der Waals surface area contributed by atoms with Crippen LogP contribution in [0.15, 0.2) is 24.3 Å². The zero-order chi connectivity index (χ0) is 13.1. The number of benzene rings is 1. The summed E-state index contributed by atoms with van der Waals surface area (Å²) in [6.45, 7) is 5.01. The number of carboxylic acid groups (broad SMARTS) is 1. The monoisotopic (exact) mass is 238 g/mol. The van der Waals surface area contributed by atoms with E-state index >= 15 is 0 Å². The van der Waals surface area contributed by atoms with Crippen LogP contribution >= 0.6 is 0 Å². The van der Waals surface area contributed by atoms with E-state index in [1.165, 1.54) is 0 Å². The molecule has 94 valence electrons. The Balaban J connectivity index is 2.62. The van der Waals surface area contributed by atoms with Gasteiger partial charge in [0.05, 0.1) is 11.5 Å². The van der Waals surface area contributed by atoms with Crippen molar-refractivity contribution in [2.45, 2.75) is 26.9 Å². The van der Waals surface area contributed by atoms with E-state index in [9.17, 15) is 9.90 Å². The second-order valence-corrected chi connectivity index (χ2v) is 4.72. The molecule has 0 radical (unpaired) electrons. The van der Waals surface area contributed by atoms with Crippen molar-refractivity contribution < 1.29 is 19.7 Å². The number of rotatable bonds is 5. The lowest BCUT2D eigenvalue weighted by molar-refractivity contribution is -0.148. The normalized spacial score (nSPS) is 13.2. The standard InChI is InChI=1S/C13H18O4/c1-9(14)10-4-6-11(7-5-10)17-8-13(2,3)12(15)16/h4-7,9,14H,8H2,1-3H3,(H,15,16)/t9-/m1/s1. The topological polar surface area (TPSA) is 66.8 Å². The van der Waals surface area contributed by atoms with E-state index in [4.69, 9.17) is 9.84 Å². The van der Waals surface area contributed by atoms with Crippen LogP contribution in [0.4, 0.5) is 0 Å². The van der Waals surface area contributed by atoms with Gasteiger partial charge >= 0.3 is 5.97 Å². The van der Waals surface area contributed by atoms with E-state index in [0.29, 0.717) is 5.75 Å². The van der Waals surface area contributed by atoms with Gasteiger partial charge in [0.25, 0.3) is 0 Å². The number of ether oxygens (including phenoxy) is 1. The van der Waals surface area contributed by atoms with Crippen molar-refractivity contribution in [3.05, 3.63) is 29.8 Å². The smallest absolute Gasteiger partial charge is 0.312 e. The number of aliphatic carboxylic acids is 1. The molecule has 0 aliphatic carbocycles. The van der Waals surface area contributed by atoms with Gasteiger partial charge in [0.1, 0.15) is 12.4 Å². The minimum absolute atomic E-state index is 0.107. The lowest BCUT2D eigenvalue weighted by Crippen LogP contribution is -2.30. The molecule has 4 nitrogen and oxygen atoms in total. The van der Waals surface area contributed by atoms with Crippen LogP contribution in [-0.2, 0) is 4.79 Å². The molecule has 1 aromatic rings. The van der Waals surface area contributed by atoms with Crippen molar-refractivity contribution in [3.8, 4) is 5.75 Å². The number of aliphatic hydroxyl groups is 1. The third-order valence-corrected chi connectivity index (χ3v) is 2.54. The molecule has 0 saturated carbocycles. The number of hydrogen-bond donors (Lipinski definition) is 2. The number of carbonyl (C=O) groups is 1. The molecule has 0 unspecified atom stereocenters. The Labute approximate surface area is 101 Å². The average molecular weight is 238 g/mol. The first-order valence-corrected chi connectivity index (χ1v) is 5.47. The molecule has 4 heteroatoms. The molecule has 2 N–H and O–H groups in total. The molecule has 17 heavy (non-hydrogen) atoms. The molecule has 0 aliphatic heterocycles. The largest absolute Gasteiger partial charge is 0.492 e. The maximum Gasteiger partial charge on any atom is 0.312 e. The summed E-state index contributed by atoms with van der Waals surface area (Å²) in [4.78, 5) is 10.9. The highest BCUT2D eigenvalue weighted by atomic mass is 16.5. The van der Waals surface area contributed by atoms with E-state index in [0.717, 1.165) is 5.56 Å². The van der Waals surface area contributed by atoms with Crippen molar-refractivity contribution in [1.29, 1.82) is 0 Å². The molecule has 0 aliphatic rings. The fourth-order valence-corrected chi connectivity index (χ4v) is 1.17. The zero-order valence-corrected chi connectivity index (χ0v) is 10.3. The van der Waals surface area contributed by atoms with Crippen molar-refractivity contribution in [1.82, 2.24) is 0 Å². The van der Waals surface area contributed by atoms with E-state index in [-0.39, 0.29) is 6.61 Å². The van der Waals surface area contributed by atoms with Crippen LogP contribution in [-0.4, -0.2) is 22.8 Å². The lowest BCUT2D eigenvalue weighted by atomic mass is 9.95. The van der Waals surface area contributed by atoms with Crippen molar-refractivity contribution in [2.24, 2.45) is 5.41 Å². The Morgan fingerprint density at radius 3 is 2.29 bits per heavy atom. The molecule has 0 bridgehead atoms. The maximum atomic E-state index is 10.9. The van der Waals surface area contributed by atoms with Gasteiger partial charge in [-0.1, -0.05) is 12.1 Å². The van der Waals surface area contributed by atoms with E-state index in [1.54, 1.807) is 45.0 Å². The Bertz CT molecular complexity index is 379. The Morgan fingerprint density at radius 1 is 1.35 bits per heavy atom. The second-order valence-electron chi connectivity index (χ2n) is 4.72. The summed E-state index contributed by atoms with van der Waals surface area (Å²) in [6.07, 6.45) is -0.514. The summed E-state index contributed by atoms with van der Waals surface area (Å²) in [6, 6.07) is 6.96. The predicted molar refractivity (Wildman–Crippen MR) is 64.0 cm³/mol. The van der Waals surface area contributed by atoms with Crippen LogP contribution < -0.4 is 4.74 Å². The zero-order valence-electron chi connectivity index (χ0n) is 10.3. The average Bonchev–Trinajstić information content (AvgIpc) is 2.27. The highest BCUT2D eigenvalue weighted by Crippen LogP contribution is 2.21. The lowest BCUT2D eigenvalue weighted by Gasteiger charge is -2.19. The molecule has 0 heterocycles. The van der Waals surface area contributed by atoms with Gasteiger partial charge in [-0.3, -0.25) is 4.79 Å². The summed E-state index contributed by atoms with van der Waals surface area (Å²) < 4.78 is 5.40. The summed E-state index contributed by atoms with van der Waals surface area (Å²) >= 11 is 0. The van der Waals surface area contributed by atoms with Crippen LogP contribution in [0.2, 0.25) is 0 Å². The summed E-state index contributed by atoms with van der Waals surface area (Å²) in [5, 5.41) is 18.3. The first-order chi connectivity index (χ1) is 7.83. The first-order valence-electron chi connectivity index (χ1n) is 5.47. The molecule has 1 rings (SSSR count). The molecular formula is C13H18O4. The molecule has 0 amide bonds. The molecule has 0 aromatic heterocycles. The van der Waals surface area contributed by atoms with Crippen molar-refractivity contribution >= 4 is 5.97 Å². The van der Waals surface area contributed by atoms with Crippen molar-refractivity contribution in [2.75, 3.05) is 6.61 Å². The Morgan fingerprint density at radius 2 is 1.88 bits per heavy atom. The highest BCUT2D eigenvalue weighted by molar-refractivity contribution is 5.73. The van der Waals surface area contributed by atoms with Gasteiger partial charge in [-0.15, -0.1) is 0 Å². The maximum absolute atomic E-state index is 10.9. The molecule has 1 aromatic carbocycles. The van der Waals surface area contributed by atoms with E-state index in [2.05, 4.69) is 0 Å². The van der Waals surface area contributed by atoms with Gasteiger partial charge < -0.3 is 14.9 Å². The SMILES string of the molecule is C[C@@H](O)c1ccc(OCC(C)(C)C(=O)O)cc1. The predicted octanol–water partition coefficient (Wildman–Crippen LogP) is 2.23. The quantitative estimate of drug-likeness (QED) is 0.825. The van der Waals surface area contributed by atoms with Crippen LogP contribution in [0.5, 0.6) is 5.75 Å². The van der Waals surface area contributed by atoms with Crippen LogP contribution in [0.3, 0.4) is 0 Å². The van der Waals surface area contributed by atoms with Crippen LogP contribution in [0, 0.1) is 5.41 Å². The first kappa shape index (κ1) is 13.5.